The fraction of sp³-hybridized carbons (Fsp3) is 0.444. The average Bonchev–Trinajstić information content (AvgIpc) is 3.13. The third-order valence-corrected chi connectivity index (χ3v) is 5.55. The molecule has 1 aliphatic rings. The standard InChI is InChI=1S/C18H20F2N4O2S/c1-10(2)18(26)24-7-5-11(6-8-24)16-22-23-17(27-16)15(25)21-14-4-3-12(19)9-13(14)20/h3-4,9-11H,5-8H2,1-2H3,(H,21,25). The van der Waals surface area contributed by atoms with E-state index < -0.39 is 17.5 Å². The molecule has 1 fully saturated rings. The minimum absolute atomic E-state index is 0.0229. The zero-order valence-corrected chi connectivity index (χ0v) is 15.9. The summed E-state index contributed by atoms with van der Waals surface area (Å²) >= 11 is 1.16. The lowest BCUT2D eigenvalue weighted by molar-refractivity contribution is -0.135. The summed E-state index contributed by atoms with van der Waals surface area (Å²) in [6.07, 6.45) is 1.53. The Labute approximate surface area is 159 Å². The lowest BCUT2D eigenvalue weighted by atomic mass is 9.97. The molecule has 0 spiro atoms. The van der Waals surface area contributed by atoms with Gasteiger partial charge in [0.25, 0.3) is 5.91 Å². The van der Waals surface area contributed by atoms with E-state index in [9.17, 15) is 18.4 Å². The lowest BCUT2D eigenvalue weighted by Crippen LogP contribution is -2.40. The number of carbonyl (C=O) groups excluding carboxylic acids is 2. The molecule has 0 atom stereocenters. The summed E-state index contributed by atoms with van der Waals surface area (Å²) in [5.74, 6) is -1.89. The molecule has 27 heavy (non-hydrogen) atoms. The van der Waals surface area contributed by atoms with Crippen molar-refractivity contribution in [2.45, 2.75) is 32.6 Å². The Hall–Kier alpha value is -2.42. The average molecular weight is 394 g/mol. The van der Waals surface area contributed by atoms with Gasteiger partial charge in [0.05, 0.1) is 5.69 Å². The summed E-state index contributed by atoms with van der Waals surface area (Å²) in [7, 11) is 0. The molecular formula is C18H20F2N4O2S. The zero-order chi connectivity index (χ0) is 19.6. The van der Waals surface area contributed by atoms with Gasteiger partial charge in [-0.3, -0.25) is 9.59 Å². The number of hydrogen-bond donors (Lipinski definition) is 1. The first-order valence-electron chi connectivity index (χ1n) is 8.73. The smallest absolute Gasteiger partial charge is 0.286 e. The maximum absolute atomic E-state index is 13.7. The molecule has 0 aliphatic carbocycles. The molecule has 6 nitrogen and oxygen atoms in total. The SMILES string of the molecule is CC(C)C(=O)N1CCC(c2nnc(C(=O)Nc3ccc(F)cc3F)s2)CC1. The minimum atomic E-state index is -0.852. The van der Waals surface area contributed by atoms with Gasteiger partial charge in [-0.2, -0.15) is 0 Å². The summed E-state index contributed by atoms with van der Waals surface area (Å²) < 4.78 is 26.6. The lowest BCUT2D eigenvalue weighted by Gasteiger charge is -2.32. The maximum Gasteiger partial charge on any atom is 0.286 e. The van der Waals surface area contributed by atoms with E-state index in [0.29, 0.717) is 19.2 Å². The number of aromatic nitrogens is 2. The quantitative estimate of drug-likeness (QED) is 0.862. The van der Waals surface area contributed by atoms with Gasteiger partial charge in [-0.25, -0.2) is 8.78 Å². The Kier molecular flexibility index (Phi) is 5.79. The maximum atomic E-state index is 13.7. The van der Waals surface area contributed by atoms with Crippen LogP contribution in [0.5, 0.6) is 0 Å². The second-order valence-corrected chi connectivity index (χ2v) is 7.79. The van der Waals surface area contributed by atoms with E-state index in [1.807, 2.05) is 18.7 Å². The van der Waals surface area contributed by atoms with Crippen LogP contribution in [0.15, 0.2) is 18.2 Å². The van der Waals surface area contributed by atoms with Crippen molar-refractivity contribution >= 4 is 28.8 Å². The molecule has 2 heterocycles. The molecule has 3 rings (SSSR count). The predicted molar refractivity (Wildman–Crippen MR) is 97.6 cm³/mol. The van der Waals surface area contributed by atoms with Crippen molar-refractivity contribution < 1.29 is 18.4 Å². The number of nitrogens with zero attached hydrogens (tertiary/aromatic N) is 3. The molecule has 0 bridgehead atoms. The first-order chi connectivity index (χ1) is 12.8. The first kappa shape index (κ1) is 19.3. The number of carbonyl (C=O) groups is 2. The monoisotopic (exact) mass is 394 g/mol. The van der Waals surface area contributed by atoms with Gasteiger partial charge >= 0.3 is 0 Å². The van der Waals surface area contributed by atoms with Crippen LogP contribution in [0.25, 0.3) is 0 Å². The molecule has 2 amide bonds. The number of benzene rings is 1. The zero-order valence-electron chi connectivity index (χ0n) is 15.0. The number of nitrogens with one attached hydrogen (secondary N) is 1. The van der Waals surface area contributed by atoms with Crippen LogP contribution in [0.4, 0.5) is 14.5 Å². The van der Waals surface area contributed by atoms with Crippen molar-refractivity contribution in [3.8, 4) is 0 Å². The van der Waals surface area contributed by atoms with Gasteiger partial charge in [-0.15, -0.1) is 10.2 Å². The van der Waals surface area contributed by atoms with Crippen molar-refractivity contribution in [3.05, 3.63) is 39.8 Å². The van der Waals surface area contributed by atoms with Crippen LogP contribution in [0.3, 0.4) is 0 Å². The highest BCUT2D eigenvalue weighted by Crippen LogP contribution is 2.31. The van der Waals surface area contributed by atoms with Gasteiger partial charge in [-0.1, -0.05) is 25.2 Å². The van der Waals surface area contributed by atoms with E-state index >= 15 is 0 Å². The summed E-state index contributed by atoms with van der Waals surface area (Å²) in [6.45, 7) is 5.08. The van der Waals surface area contributed by atoms with Gasteiger partial charge in [0.2, 0.25) is 10.9 Å². The van der Waals surface area contributed by atoms with Crippen LogP contribution in [0.2, 0.25) is 0 Å². The Morgan fingerprint density at radius 3 is 2.56 bits per heavy atom. The fourth-order valence-electron chi connectivity index (χ4n) is 2.97. The van der Waals surface area contributed by atoms with E-state index in [4.69, 9.17) is 0 Å². The molecule has 144 valence electrons. The van der Waals surface area contributed by atoms with Crippen molar-refractivity contribution in [2.24, 2.45) is 5.92 Å². The van der Waals surface area contributed by atoms with E-state index in [1.54, 1.807) is 0 Å². The second kappa shape index (κ2) is 8.08. The molecule has 9 heteroatoms. The van der Waals surface area contributed by atoms with Gasteiger partial charge in [-0.05, 0) is 25.0 Å². The van der Waals surface area contributed by atoms with Crippen LogP contribution >= 0.6 is 11.3 Å². The highest BCUT2D eigenvalue weighted by Gasteiger charge is 2.28. The molecule has 2 aromatic rings. The van der Waals surface area contributed by atoms with Crippen LogP contribution in [-0.2, 0) is 4.79 Å². The molecular weight excluding hydrogens is 374 g/mol. The highest BCUT2D eigenvalue weighted by atomic mass is 32.1. The third kappa shape index (κ3) is 4.47. The summed E-state index contributed by atoms with van der Waals surface area (Å²) in [6, 6.07) is 2.93. The molecule has 0 radical (unpaired) electrons. The van der Waals surface area contributed by atoms with Crippen LogP contribution in [0, 0.1) is 17.6 Å². The Morgan fingerprint density at radius 2 is 1.93 bits per heavy atom. The van der Waals surface area contributed by atoms with Crippen molar-refractivity contribution in [1.82, 2.24) is 15.1 Å². The molecule has 0 saturated carbocycles. The molecule has 1 aliphatic heterocycles. The fourth-order valence-corrected chi connectivity index (χ4v) is 3.88. The number of anilines is 1. The minimum Gasteiger partial charge on any atom is -0.342 e. The van der Waals surface area contributed by atoms with Crippen LogP contribution in [-0.4, -0.2) is 40.0 Å². The number of amides is 2. The Morgan fingerprint density at radius 1 is 1.22 bits per heavy atom. The molecule has 1 saturated heterocycles. The summed E-state index contributed by atoms with van der Waals surface area (Å²) in [5, 5.41) is 11.2. The number of likely N-dealkylation sites (tertiary alicyclic amines) is 1. The van der Waals surface area contributed by atoms with E-state index in [1.165, 1.54) is 0 Å². The second-order valence-electron chi connectivity index (χ2n) is 6.78. The van der Waals surface area contributed by atoms with Gasteiger partial charge < -0.3 is 10.2 Å². The van der Waals surface area contributed by atoms with Gasteiger partial charge in [0.15, 0.2) is 0 Å². The Bertz CT molecular complexity index is 848. The van der Waals surface area contributed by atoms with Crippen LogP contribution < -0.4 is 5.32 Å². The number of halogens is 2. The first-order valence-corrected chi connectivity index (χ1v) is 9.55. The van der Waals surface area contributed by atoms with E-state index in [-0.39, 0.29) is 28.4 Å². The molecule has 1 aromatic carbocycles. The Balaban J connectivity index is 1.61. The van der Waals surface area contributed by atoms with E-state index in [2.05, 4.69) is 15.5 Å². The summed E-state index contributed by atoms with van der Waals surface area (Å²) in [5.41, 5.74) is -0.112. The number of hydrogen-bond acceptors (Lipinski definition) is 5. The van der Waals surface area contributed by atoms with Crippen molar-refractivity contribution in [2.75, 3.05) is 18.4 Å². The summed E-state index contributed by atoms with van der Waals surface area (Å²) in [4.78, 5) is 26.2. The largest absolute Gasteiger partial charge is 0.342 e. The molecule has 1 aromatic heterocycles. The third-order valence-electron chi connectivity index (χ3n) is 4.46. The molecule has 1 N–H and O–H groups in total. The van der Waals surface area contributed by atoms with E-state index in [0.717, 1.165) is 41.3 Å². The highest BCUT2D eigenvalue weighted by molar-refractivity contribution is 7.13. The van der Waals surface area contributed by atoms with Gasteiger partial charge in [0.1, 0.15) is 16.6 Å². The normalized spacial score (nSPS) is 15.2. The van der Waals surface area contributed by atoms with Crippen molar-refractivity contribution in [1.29, 1.82) is 0 Å². The van der Waals surface area contributed by atoms with Crippen molar-refractivity contribution in [3.63, 3.8) is 0 Å². The van der Waals surface area contributed by atoms with Crippen LogP contribution in [0.1, 0.15) is 47.4 Å². The number of piperidine rings is 1. The van der Waals surface area contributed by atoms with Gasteiger partial charge in [0, 0.05) is 31.0 Å². The molecule has 0 unspecified atom stereocenters. The topological polar surface area (TPSA) is 75.2 Å². The number of rotatable bonds is 4. The predicted octanol–water partition coefficient (Wildman–Crippen LogP) is 3.43.